The largest absolute Gasteiger partial charge is 0.394 e. The number of aliphatic hydroxyl groups excluding tert-OH is 3. The summed E-state index contributed by atoms with van der Waals surface area (Å²) >= 11 is 0. The second-order valence-corrected chi connectivity index (χ2v) is 16.6. The van der Waals surface area contributed by atoms with Crippen LogP contribution in [0.2, 0.25) is 0 Å². The Hall–Kier alpha value is -3.91. The maximum Gasteiger partial charge on any atom is 0.294 e. The fourth-order valence-electron chi connectivity index (χ4n) is 7.78. The van der Waals surface area contributed by atoms with Gasteiger partial charge in [-0.3, -0.25) is 9.35 Å². The molecule has 2 aromatic carbocycles. The van der Waals surface area contributed by atoms with Crippen molar-refractivity contribution in [1.29, 1.82) is 0 Å². The van der Waals surface area contributed by atoms with E-state index in [-0.39, 0.29) is 22.8 Å². The number of amides is 1. The molecule has 12 heteroatoms. The van der Waals surface area contributed by atoms with E-state index in [9.17, 15) is 33.1 Å². The van der Waals surface area contributed by atoms with Crippen LogP contribution in [0.4, 0.5) is 5.69 Å². The van der Waals surface area contributed by atoms with Gasteiger partial charge in [-0.05, 0) is 62.1 Å². The zero-order valence-electron chi connectivity index (χ0n) is 31.3. The first-order valence-electron chi connectivity index (χ1n) is 18.2. The maximum absolute atomic E-state index is 12.6. The molecule has 0 radical (unpaired) electrons. The molecule has 5 rings (SSSR count). The van der Waals surface area contributed by atoms with E-state index in [4.69, 9.17) is 4.74 Å². The lowest BCUT2D eigenvalue weighted by atomic mass is 9.75. The fraction of sp³-hybridized carbons (Fsp3) is 0.463. The predicted octanol–water partition coefficient (Wildman–Crippen LogP) is 4.32. The Kier molecular flexibility index (Phi) is 12.6. The van der Waals surface area contributed by atoms with Crippen molar-refractivity contribution in [2.75, 3.05) is 31.7 Å². The molecule has 0 aliphatic carbocycles. The molecule has 3 aliphatic rings. The number of ether oxygens (including phenoxy) is 1. The van der Waals surface area contributed by atoms with Crippen molar-refractivity contribution in [3.8, 4) is 0 Å². The Bertz CT molecular complexity index is 1930. The highest BCUT2D eigenvalue weighted by Gasteiger charge is 2.41. The number of nitrogens with zero attached hydrogens (tertiary/aromatic N) is 2. The highest BCUT2D eigenvalue weighted by atomic mass is 32.2. The van der Waals surface area contributed by atoms with Crippen LogP contribution in [0.25, 0.3) is 0 Å². The number of carbonyl (C=O) groups excluding carboxylic acids is 1. The second kappa shape index (κ2) is 16.6. The van der Waals surface area contributed by atoms with E-state index in [1.165, 1.54) is 23.0 Å². The number of rotatable bonds is 13. The lowest BCUT2D eigenvalue weighted by Gasteiger charge is -2.37. The van der Waals surface area contributed by atoms with E-state index < -0.39 is 46.5 Å². The first-order valence-corrected chi connectivity index (χ1v) is 19.7. The van der Waals surface area contributed by atoms with Gasteiger partial charge in [0.1, 0.15) is 25.4 Å². The number of hydrogen-bond donors (Lipinski definition) is 5. The summed E-state index contributed by atoms with van der Waals surface area (Å²) in [6, 6.07) is 12.5. The van der Waals surface area contributed by atoms with Gasteiger partial charge in [0.05, 0.1) is 29.6 Å². The number of unbranched alkanes of at least 4 members (excludes halogenated alkanes) is 2. The van der Waals surface area contributed by atoms with E-state index in [1.807, 2.05) is 43.5 Å². The van der Waals surface area contributed by atoms with E-state index in [0.717, 1.165) is 36.2 Å². The minimum atomic E-state index is -4.30. The summed E-state index contributed by atoms with van der Waals surface area (Å²) in [6.45, 7) is 9.62. The average Bonchev–Trinajstić information content (AvgIpc) is 3.32. The minimum Gasteiger partial charge on any atom is -0.394 e. The molecule has 1 fully saturated rings. The summed E-state index contributed by atoms with van der Waals surface area (Å²) in [6.07, 6.45) is 13.5. The molecule has 4 atom stereocenters. The zero-order valence-corrected chi connectivity index (χ0v) is 32.1. The van der Waals surface area contributed by atoms with Crippen molar-refractivity contribution in [1.82, 2.24) is 5.32 Å². The summed E-state index contributed by atoms with van der Waals surface area (Å²) in [5.41, 5.74) is 5.88. The number of fused-ring (bicyclic) bond motifs is 2. The Morgan fingerprint density at radius 2 is 1.68 bits per heavy atom. The quantitative estimate of drug-likeness (QED) is 0.0871. The number of hydrogen-bond acceptors (Lipinski definition) is 8. The monoisotopic (exact) mass is 748 g/mol. The molecular weight excluding hydrogens is 695 g/mol. The van der Waals surface area contributed by atoms with Crippen LogP contribution in [0.5, 0.6) is 0 Å². The van der Waals surface area contributed by atoms with Crippen molar-refractivity contribution in [2.45, 2.75) is 100 Å². The minimum absolute atomic E-state index is 0.0327. The highest BCUT2D eigenvalue weighted by Crippen LogP contribution is 2.47. The second-order valence-electron chi connectivity index (χ2n) is 15.2. The molecule has 3 aliphatic heterocycles. The molecule has 3 heterocycles. The SMILES string of the molecule is C[N+]1=C(/C=C/C=C/C=C/C=C2/N(CCCCCC(=O)N[C@H]3CO[C@H](CO)[C@H](O)[C@@H]3O)c3ccccc3C2(C)C)C(C)(C)c2cc(S(=O)(=O)O)ccc2C1. The number of benzene rings is 2. The molecule has 0 bridgehead atoms. The van der Waals surface area contributed by atoms with Gasteiger partial charge >= 0.3 is 0 Å². The maximum atomic E-state index is 12.6. The van der Waals surface area contributed by atoms with Crippen LogP contribution in [-0.4, -0.2) is 95.6 Å². The van der Waals surface area contributed by atoms with Crippen LogP contribution in [0, 0.1) is 0 Å². The summed E-state index contributed by atoms with van der Waals surface area (Å²) in [5, 5.41) is 32.4. The number of carbonyl (C=O) groups is 1. The average molecular weight is 749 g/mol. The first kappa shape index (κ1) is 40.3. The van der Waals surface area contributed by atoms with Crippen LogP contribution in [0.3, 0.4) is 0 Å². The molecule has 0 saturated carbocycles. The van der Waals surface area contributed by atoms with Crippen LogP contribution < -0.4 is 10.2 Å². The third-order valence-electron chi connectivity index (χ3n) is 10.7. The van der Waals surface area contributed by atoms with Gasteiger partial charge in [0.2, 0.25) is 5.91 Å². The predicted molar refractivity (Wildman–Crippen MR) is 206 cm³/mol. The van der Waals surface area contributed by atoms with E-state index in [0.29, 0.717) is 19.4 Å². The third-order valence-corrected chi connectivity index (χ3v) is 11.6. The summed E-state index contributed by atoms with van der Waals surface area (Å²) < 4.78 is 40.7. The van der Waals surface area contributed by atoms with Gasteiger partial charge in [0.25, 0.3) is 10.1 Å². The Balaban J connectivity index is 1.18. The van der Waals surface area contributed by atoms with E-state index >= 15 is 0 Å². The number of anilines is 1. The van der Waals surface area contributed by atoms with Crippen molar-refractivity contribution in [3.05, 3.63) is 107 Å². The summed E-state index contributed by atoms with van der Waals surface area (Å²) in [4.78, 5) is 14.8. The van der Waals surface area contributed by atoms with Crippen molar-refractivity contribution in [2.24, 2.45) is 0 Å². The molecule has 0 aromatic heterocycles. The van der Waals surface area contributed by atoms with Crippen molar-refractivity contribution < 1.29 is 42.4 Å². The standard InChI is InChI=1S/C41H53N3O8S/c1-40(2)30-16-13-14-17-33(30)44(23-15-9-12-20-37(46)42-32-27-52-34(26-45)39(48)38(32)47)36(40)19-11-8-6-7-10-18-35-41(3,4)31-24-29(53(49,50)51)22-21-28(31)25-43(35)5/h6-8,10-11,13-14,16-19,21-22,24,32,34,38-39,45,47-48H,9,12,15,20,23,25-27H2,1-5H3,(H-,42,46,49,50,51)/p+1/t32-,34+,38+,39-/m0/s1. The molecule has 5 N–H and O–H groups in total. The molecule has 1 amide bonds. The number of para-hydroxylation sites is 1. The van der Waals surface area contributed by atoms with Gasteiger partial charge in [-0.2, -0.15) is 8.42 Å². The molecule has 286 valence electrons. The Labute approximate surface area is 313 Å². The number of nitrogens with one attached hydrogen (secondary N) is 1. The lowest BCUT2D eigenvalue weighted by molar-refractivity contribution is -0.518. The Morgan fingerprint density at radius 1 is 0.962 bits per heavy atom. The van der Waals surface area contributed by atoms with Crippen LogP contribution in [0.15, 0.2) is 95.6 Å². The molecule has 1 saturated heterocycles. The molecule has 0 unspecified atom stereocenters. The first-order chi connectivity index (χ1) is 25.1. The topological polar surface area (TPSA) is 160 Å². The lowest BCUT2D eigenvalue weighted by Crippen LogP contribution is -2.59. The van der Waals surface area contributed by atoms with Gasteiger partial charge in [-0.15, -0.1) is 0 Å². The van der Waals surface area contributed by atoms with Gasteiger partial charge in [0.15, 0.2) is 12.3 Å². The van der Waals surface area contributed by atoms with Gasteiger partial charge in [0, 0.05) is 41.4 Å². The fourth-order valence-corrected chi connectivity index (χ4v) is 8.28. The van der Waals surface area contributed by atoms with Gasteiger partial charge in [-0.1, -0.05) is 74.9 Å². The number of allylic oxidation sites excluding steroid dienone is 8. The smallest absolute Gasteiger partial charge is 0.294 e. The van der Waals surface area contributed by atoms with Crippen LogP contribution >= 0.6 is 0 Å². The molecule has 0 spiro atoms. The van der Waals surface area contributed by atoms with Gasteiger partial charge in [-0.25, -0.2) is 4.58 Å². The Morgan fingerprint density at radius 3 is 2.42 bits per heavy atom. The van der Waals surface area contributed by atoms with E-state index in [1.54, 1.807) is 12.1 Å². The molecule has 11 nitrogen and oxygen atoms in total. The highest BCUT2D eigenvalue weighted by molar-refractivity contribution is 7.85. The third kappa shape index (κ3) is 8.91. The van der Waals surface area contributed by atoms with E-state index in [2.05, 4.69) is 72.8 Å². The molecule has 2 aromatic rings. The van der Waals surface area contributed by atoms with Crippen LogP contribution in [-0.2, 0) is 37.0 Å². The number of aliphatic hydroxyl groups is 3. The summed E-state index contributed by atoms with van der Waals surface area (Å²) in [7, 11) is -2.28. The summed E-state index contributed by atoms with van der Waals surface area (Å²) in [5.74, 6) is -0.207. The van der Waals surface area contributed by atoms with Gasteiger partial charge < -0.3 is 30.3 Å². The molecular formula is C41H54N3O8S+. The van der Waals surface area contributed by atoms with Crippen molar-refractivity contribution >= 4 is 27.4 Å². The van der Waals surface area contributed by atoms with Crippen LogP contribution in [0.1, 0.15) is 70.1 Å². The molecule has 53 heavy (non-hydrogen) atoms. The van der Waals surface area contributed by atoms with Crippen molar-refractivity contribution in [3.63, 3.8) is 0 Å². The zero-order chi connectivity index (χ0) is 38.6. The normalized spacial score (nSPS) is 24.8.